The fraction of sp³-hybridized carbons (Fsp3) is 0.290. The minimum atomic E-state index is -1.04. The standard InChI is InChI=1S/C31H35N5O6/c1-3-42-28(38)14-8-7-13-25(34-29(39)24-12-9-18-32-20-24)30(40)35-26-16-15-22(2)36(31(26)41)21-27(37)33-19-17-23-10-5-4-6-11-23/h4-6,8-12,14-16,18,20,25H,3,7,13,17,19,21H2,1-2H3,(H,33,37)(H,34,39)(H,35,40)/b14-8+/t25-/m0/s1. The Kier molecular flexibility index (Phi) is 12.2. The maximum atomic E-state index is 13.3. The third-order valence-electron chi connectivity index (χ3n) is 6.24. The number of rotatable bonds is 14. The highest BCUT2D eigenvalue weighted by Gasteiger charge is 2.23. The van der Waals surface area contributed by atoms with Crippen LogP contribution in [0.2, 0.25) is 0 Å². The first-order valence-electron chi connectivity index (χ1n) is 13.6. The van der Waals surface area contributed by atoms with Crippen LogP contribution in [0.1, 0.15) is 41.4 Å². The first-order valence-corrected chi connectivity index (χ1v) is 13.6. The summed E-state index contributed by atoms with van der Waals surface area (Å²) in [5.41, 5.74) is 1.29. The van der Waals surface area contributed by atoms with Crippen LogP contribution < -0.4 is 21.5 Å². The number of nitrogens with one attached hydrogen (secondary N) is 3. The number of amides is 3. The van der Waals surface area contributed by atoms with E-state index in [9.17, 15) is 24.0 Å². The molecule has 220 valence electrons. The average Bonchev–Trinajstić information content (AvgIpc) is 2.99. The molecular weight excluding hydrogens is 538 g/mol. The van der Waals surface area contributed by atoms with E-state index in [0.717, 1.165) is 5.56 Å². The average molecular weight is 574 g/mol. The van der Waals surface area contributed by atoms with E-state index >= 15 is 0 Å². The fourth-order valence-electron chi connectivity index (χ4n) is 4.01. The van der Waals surface area contributed by atoms with Crippen LogP contribution in [0.15, 0.2) is 83.9 Å². The van der Waals surface area contributed by atoms with Gasteiger partial charge >= 0.3 is 5.97 Å². The first kappa shape index (κ1) is 31.5. The van der Waals surface area contributed by atoms with Crippen LogP contribution in [0.4, 0.5) is 5.69 Å². The number of anilines is 1. The van der Waals surface area contributed by atoms with E-state index in [1.165, 1.54) is 29.1 Å². The number of nitrogens with zero attached hydrogens (tertiary/aromatic N) is 2. The number of carbonyl (C=O) groups excluding carboxylic acids is 4. The lowest BCUT2D eigenvalue weighted by Crippen LogP contribution is -2.45. The van der Waals surface area contributed by atoms with Gasteiger partial charge in [-0.05, 0) is 62.9 Å². The van der Waals surface area contributed by atoms with Crippen LogP contribution in [-0.2, 0) is 32.1 Å². The van der Waals surface area contributed by atoms with E-state index in [-0.39, 0.29) is 43.2 Å². The number of esters is 1. The number of ether oxygens (including phenoxy) is 1. The Bertz CT molecular complexity index is 1450. The third-order valence-corrected chi connectivity index (χ3v) is 6.24. The van der Waals surface area contributed by atoms with Crippen molar-refractivity contribution >= 4 is 29.4 Å². The molecule has 3 rings (SSSR count). The summed E-state index contributed by atoms with van der Waals surface area (Å²) >= 11 is 0. The third kappa shape index (κ3) is 9.84. The Hall–Kier alpha value is -5.06. The second-order valence-electron chi connectivity index (χ2n) is 9.35. The van der Waals surface area contributed by atoms with Crippen LogP contribution in [0, 0.1) is 6.92 Å². The highest BCUT2D eigenvalue weighted by Crippen LogP contribution is 2.09. The first-order chi connectivity index (χ1) is 20.3. The fourth-order valence-corrected chi connectivity index (χ4v) is 4.01. The zero-order chi connectivity index (χ0) is 30.3. The Labute approximate surface area is 244 Å². The number of allylic oxidation sites excluding steroid dienone is 1. The minimum Gasteiger partial charge on any atom is -0.463 e. The summed E-state index contributed by atoms with van der Waals surface area (Å²) in [7, 11) is 0. The van der Waals surface area contributed by atoms with E-state index in [1.54, 1.807) is 38.1 Å². The van der Waals surface area contributed by atoms with Gasteiger partial charge < -0.3 is 25.3 Å². The van der Waals surface area contributed by atoms with Gasteiger partial charge in [-0.15, -0.1) is 0 Å². The number of aromatic nitrogens is 2. The summed E-state index contributed by atoms with van der Waals surface area (Å²) in [5.74, 6) is -2.00. The molecule has 0 fully saturated rings. The Morgan fingerprint density at radius 1 is 1.05 bits per heavy atom. The molecule has 1 atom stereocenters. The van der Waals surface area contributed by atoms with Crippen molar-refractivity contribution in [1.82, 2.24) is 20.2 Å². The lowest BCUT2D eigenvalue weighted by molar-refractivity contribution is -0.137. The Morgan fingerprint density at radius 3 is 2.55 bits per heavy atom. The molecule has 0 aliphatic carbocycles. The van der Waals surface area contributed by atoms with Crippen molar-refractivity contribution in [2.75, 3.05) is 18.5 Å². The van der Waals surface area contributed by atoms with Crippen molar-refractivity contribution in [2.24, 2.45) is 0 Å². The molecule has 3 N–H and O–H groups in total. The predicted octanol–water partition coefficient (Wildman–Crippen LogP) is 2.55. The van der Waals surface area contributed by atoms with E-state index in [0.29, 0.717) is 18.7 Å². The molecule has 1 aromatic carbocycles. The molecule has 11 heteroatoms. The summed E-state index contributed by atoms with van der Waals surface area (Å²) in [6.45, 7) is 3.81. The van der Waals surface area contributed by atoms with Gasteiger partial charge in [-0.1, -0.05) is 36.4 Å². The number of benzene rings is 1. The number of hydrogen-bond acceptors (Lipinski definition) is 7. The van der Waals surface area contributed by atoms with Gasteiger partial charge in [0.05, 0.1) is 12.2 Å². The van der Waals surface area contributed by atoms with Crippen molar-refractivity contribution in [1.29, 1.82) is 0 Å². The summed E-state index contributed by atoms with van der Waals surface area (Å²) < 4.78 is 6.13. The van der Waals surface area contributed by atoms with Gasteiger partial charge in [0.2, 0.25) is 11.8 Å². The zero-order valence-corrected chi connectivity index (χ0v) is 23.7. The molecule has 0 spiro atoms. The van der Waals surface area contributed by atoms with Crippen LogP contribution in [0.5, 0.6) is 0 Å². The molecule has 2 aromatic heterocycles. The van der Waals surface area contributed by atoms with Crippen molar-refractivity contribution in [2.45, 2.75) is 45.7 Å². The van der Waals surface area contributed by atoms with Crippen LogP contribution in [0.3, 0.4) is 0 Å². The van der Waals surface area contributed by atoms with E-state index in [1.807, 2.05) is 30.3 Å². The highest BCUT2D eigenvalue weighted by atomic mass is 16.5. The monoisotopic (exact) mass is 573 g/mol. The Morgan fingerprint density at radius 2 is 1.83 bits per heavy atom. The van der Waals surface area contributed by atoms with Gasteiger partial charge in [0.1, 0.15) is 18.3 Å². The van der Waals surface area contributed by atoms with E-state index in [4.69, 9.17) is 4.74 Å². The number of hydrogen-bond donors (Lipinski definition) is 3. The van der Waals surface area contributed by atoms with E-state index in [2.05, 4.69) is 20.9 Å². The molecule has 11 nitrogen and oxygen atoms in total. The van der Waals surface area contributed by atoms with Crippen molar-refractivity contribution in [3.63, 3.8) is 0 Å². The predicted molar refractivity (Wildman–Crippen MR) is 158 cm³/mol. The van der Waals surface area contributed by atoms with E-state index < -0.39 is 29.4 Å². The summed E-state index contributed by atoms with van der Waals surface area (Å²) in [4.78, 5) is 67.4. The second-order valence-corrected chi connectivity index (χ2v) is 9.35. The van der Waals surface area contributed by atoms with Crippen LogP contribution in [0.25, 0.3) is 0 Å². The van der Waals surface area contributed by atoms with Gasteiger partial charge in [0.25, 0.3) is 11.5 Å². The topological polar surface area (TPSA) is 148 Å². The van der Waals surface area contributed by atoms with Gasteiger partial charge in [0.15, 0.2) is 0 Å². The van der Waals surface area contributed by atoms with Gasteiger partial charge in [-0.3, -0.25) is 24.2 Å². The van der Waals surface area contributed by atoms with Crippen molar-refractivity contribution in [3.8, 4) is 0 Å². The Balaban J connectivity index is 1.69. The smallest absolute Gasteiger partial charge is 0.330 e. The number of pyridine rings is 2. The maximum absolute atomic E-state index is 13.3. The summed E-state index contributed by atoms with van der Waals surface area (Å²) in [6.07, 6.45) is 6.75. The van der Waals surface area contributed by atoms with Gasteiger partial charge in [-0.2, -0.15) is 0 Å². The molecule has 0 aliphatic rings. The van der Waals surface area contributed by atoms with Gasteiger partial charge in [0, 0.05) is 30.7 Å². The number of aryl methyl sites for hydroxylation is 1. The summed E-state index contributed by atoms with van der Waals surface area (Å²) in [5, 5.41) is 8.08. The normalized spacial score (nSPS) is 11.5. The molecule has 2 heterocycles. The highest BCUT2D eigenvalue weighted by molar-refractivity contribution is 6.01. The molecule has 0 saturated heterocycles. The van der Waals surface area contributed by atoms with Crippen LogP contribution in [-0.4, -0.2) is 52.4 Å². The minimum absolute atomic E-state index is 0.0367. The molecule has 3 aromatic rings. The SMILES string of the molecule is CCOC(=O)/C=C/CC[C@H](NC(=O)c1cccnc1)C(=O)Nc1ccc(C)n(CC(=O)NCCc2ccccc2)c1=O. The largest absolute Gasteiger partial charge is 0.463 e. The lowest BCUT2D eigenvalue weighted by atomic mass is 10.1. The summed E-state index contributed by atoms with van der Waals surface area (Å²) in [6, 6.07) is 14.9. The quantitative estimate of drug-likeness (QED) is 0.198. The lowest BCUT2D eigenvalue weighted by Gasteiger charge is -2.19. The maximum Gasteiger partial charge on any atom is 0.330 e. The van der Waals surface area contributed by atoms with Crippen molar-refractivity contribution < 1.29 is 23.9 Å². The molecule has 0 unspecified atom stereocenters. The van der Waals surface area contributed by atoms with Crippen LogP contribution >= 0.6 is 0 Å². The molecular formula is C31H35N5O6. The molecule has 3 amide bonds. The van der Waals surface area contributed by atoms with Crippen molar-refractivity contribution in [3.05, 3.63) is 106 Å². The molecule has 0 radical (unpaired) electrons. The zero-order valence-electron chi connectivity index (χ0n) is 23.7. The molecule has 0 saturated carbocycles. The molecule has 0 aliphatic heterocycles. The molecule has 0 bridgehead atoms. The van der Waals surface area contributed by atoms with Gasteiger partial charge in [-0.25, -0.2) is 4.79 Å². The second kappa shape index (κ2) is 16.3. The number of carbonyl (C=O) groups is 4. The molecule has 42 heavy (non-hydrogen) atoms.